The van der Waals surface area contributed by atoms with Gasteiger partial charge in [0.1, 0.15) is 17.5 Å². The molecule has 0 bridgehead atoms. The van der Waals surface area contributed by atoms with Gasteiger partial charge in [-0.05, 0) is 59.7 Å². The van der Waals surface area contributed by atoms with Crippen LogP contribution >= 0.6 is 11.8 Å². The molecule has 2 amide bonds. The van der Waals surface area contributed by atoms with Crippen molar-refractivity contribution in [1.82, 2.24) is 14.8 Å². The average molecular weight is 501 g/mol. The van der Waals surface area contributed by atoms with Gasteiger partial charge in [0, 0.05) is 0 Å². The van der Waals surface area contributed by atoms with Crippen LogP contribution in [0.4, 0.5) is 15.3 Å². The van der Waals surface area contributed by atoms with Crippen molar-refractivity contribution in [3.8, 4) is 11.4 Å². The van der Waals surface area contributed by atoms with Gasteiger partial charge in [-0.2, -0.15) is 0 Å². The van der Waals surface area contributed by atoms with Gasteiger partial charge < -0.3 is 13.9 Å². The van der Waals surface area contributed by atoms with Crippen molar-refractivity contribution in [1.29, 1.82) is 0 Å². The number of carbonyl (C=O) groups is 3. The van der Waals surface area contributed by atoms with Crippen molar-refractivity contribution in [2.24, 2.45) is 0 Å². The van der Waals surface area contributed by atoms with Crippen LogP contribution in [0.15, 0.2) is 58.5 Å². The van der Waals surface area contributed by atoms with Crippen molar-refractivity contribution in [2.45, 2.75) is 57.9 Å². The van der Waals surface area contributed by atoms with Crippen LogP contribution in [0.5, 0.6) is 0 Å². The predicted molar refractivity (Wildman–Crippen MR) is 130 cm³/mol. The third-order valence-electron chi connectivity index (χ3n) is 4.15. The number of amides is 2. The highest BCUT2D eigenvalue weighted by atomic mass is 32.2. The molecular weight excluding hydrogens is 472 g/mol. The van der Waals surface area contributed by atoms with Crippen molar-refractivity contribution in [3.05, 3.63) is 48.9 Å². The first-order chi connectivity index (χ1) is 16.4. The highest BCUT2D eigenvalue weighted by Crippen LogP contribution is 2.27. The van der Waals surface area contributed by atoms with Crippen LogP contribution in [0.3, 0.4) is 0 Å². The zero-order chi connectivity index (χ0) is 25.8. The first-order valence-electron chi connectivity index (χ1n) is 10.8. The second kappa shape index (κ2) is 10.3. The Labute approximate surface area is 207 Å². The summed E-state index contributed by atoms with van der Waals surface area (Å²) in [5.41, 5.74) is -0.692. The summed E-state index contributed by atoms with van der Waals surface area (Å²) in [4.78, 5) is 40.0. The van der Waals surface area contributed by atoms with Gasteiger partial charge in [0.2, 0.25) is 11.1 Å². The van der Waals surface area contributed by atoms with Crippen LogP contribution in [0.2, 0.25) is 0 Å². The first-order valence-corrected chi connectivity index (χ1v) is 11.8. The molecule has 0 saturated carbocycles. The van der Waals surface area contributed by atoms with E-state index in [1.54, 1.807) is 77.9 Å². The lowest BCUT2D eigenvalue weighted by atomic mass is 10.2. The van der Waals surface area contributed by atoms with Crippen molar-refractivity contribution < 1.29 is 28.3 Å². The quantitative estimate of drug-likeness (QED) is 0.425. The van der Waals surface area contributed by atoms with Crippen molar-refractivity contribution in [2.75, 3.05) is 10.7 Å². The molecule has 0 aliphatic carbocycles. The van der Waals surface area contributed by atoms with Gasteiger partial charge in [0.05, 0.1) is 23.3 Å². The summed E-state index contributed by atoms with van der Waals surface area (Å²) in [6, 6.07) is 10.1. The van der Waals surface area contributed by atoms with E-state index >= 15 is 0 Å². The van der Waals surface area contributed by atoms with E-state index in [0.717, 1.165) is 16.7 Å². The van der Waals surface area contributed by atoms with E-state index < -0.39 is 29.3 Å². The number of nitrogens with zero attached hydrogens (tertiary/aromatic N) is 4. The molecule has 2 heterocycles. The highest BCUT2D eigenvalue weighted by Gasteiger charge is 2.31. The standard InChI is InChI=1S/C24H28N4O6S/c1-23(2,3)33-21(30)27(17-10-8-7-9-11-17)18(29)15-35-20-26-25-19(16-12-13-32-14-16)28(20)22(31)34-24(4,5)6/h7-14H,15H2,1-6H3. The Balaban J connectivity index is 1.88. The molecule has 10 nitrogen and oxygen atoms in total. The Kier molecular flexibility index (Phi) is 7.69. The maximum atomic E-state index is 13.2. The van der Waals surface area contributed by atoms with Crippen LogP contribution in [0.1, 0.15) is 41.5 Å². The number of aromatic nitrogens is 3. The molecule has 0 atom stereocenters. The van der Waals surface area contributed by atoms with Crippen LogP contribution < -0.4 is 4.90 Å². The number of thioether (sulfide) groups is 1. The number of ether oxygens (including phenoxy) is 2. The number of hydrogen-bond donors (Lipinski definition) is 0. The monoisotopic (exact) mass is 500 g/mol. The summed E-state index contributed by atoms with van der Waals surface area (Å²) >= 11 is 0.945. The lowest BCUT2D eigenvalue weighted by Crippen LogP contribution is -2.42. The number of benzene rings is 1. The van der Waals surface area contributed by atoms with Crippen molar-refractivity contribution in [3.63, 3.8) is 0 Å². The number of para-hydroxylation sites is 1. The summed E-state index contributed by atoms with van der Waals surface area (Å²) < 4.78 is 17.2. The van der Waals surface area contributed by atoms with E-state index in [-0.39, 0.29) is 16.7 Å². The normalized spacial score (nSPS) is 11.7. The number of carbonyl (C=O) groups excluding carboxylic acids is 3. The molecule has 3 rings (SSSR count). The first kappa shape index (κ1) is 26.0. The minimum atomic E-state index is -0.804. The molecule has 0 radical (unpaired) electrons. The van der Waals surface area contributed by atoms with Gasteiger partial charge in [0.25, 0.3) is 0 Å². The van der Waals surface area contributed by atoms with Gasteiger partial charge in [0.15, 0.2) is 5.82 Å². The fourth-order valence-electron chi connectivity index (χ4n) is 2.84. The number of hydrogen-bond acceptors (Lipinski definition) is 9. The zero-order valence-corrected chi connectivity index (χ0v) is 21.3. The molecule has 0 fully saturated rings. The van der Waals surface area contributed by atoms with Crippen molar-refractivity contribution >= 4 is 35.5 Å². The Hall–Kier alpha value is -3.60. The summed E-state index contributed by atoms with van der Waals surface area (Å²) in [5, 5.41) is 8.29. The van der Waals surface area contributed by atoms with E-state index in [9.17, 15) is 14.4 Å². The number of imide groups is 1. The molecule has 0 aliphatic heterocycles. The largest absolute Gasteiger partial charge is 0.472 e. The SMILES string of the molecule is CC(C)(C)OC(=O)N(C(=O)CSc1nnc(-c2ccoc2)n1C(=O)OC(C)(C)C)c1ccccc1. The highest BCUT2D eigenvalue weighted by molar-refractivity contribution is 7.99. The Morgan fingerprint density at radius 1 is 0.971 bits per heavy atom. The molecular formula is C24H28N4O6S. The molecule has 0 spiro atoms. The minimum Gasteiger partial charge on any atom is -0.472 e. The molecule has 0 saturated heterocycles. The molecule has 0 N–H and O–H groups in total. The number of furan rings is 1. The van der Waals surface area contributed by atoms with E-state index in [1.807, 2.05) is 0 Å². The second-order valence-corrected chi connectivity index (χ2v) is 10.4. The van der Waals surface area contributed by atoms with Gasteiger partial charge in [-0.25, -0.2) is 19.1 Å². The second-order valence-electron chi connectivity index (χ2n) is 9.47. The van der Waals surface area contributed by atoms with E-state index in [0.29, 0.717) is 11.3 Å². The minimum absolute atomic E-state index is 0.126. The Bertz CT molecular complexity index is 1180. The summed E-state index contributed by atoms with van der Waals surface area (Å²) in [6.45, 7) is 10.4. The lowest BCUT2D eigenvalue weighted by molar-refractivity contribution is -0.116. The zero-order valence-electron chi connectivity index (χ0n) is 20.5. The van der Waals surface area contributed by atoms with E-state index in [2.05, 4.69) is 10.2 Å². The van der Waals surface area contributed by atoms with Gasteiger partial charge in [-0.15, -0.1) is 10.2 Å². The molecule has 1 aromatic carbocycles. The summed E-state index contributed by atoms with van der Waals surface area (Å²) in [6.07, 6.45) is 1.35. The molecule has 186 valence electrons. The Morgan fingerprint density at radius 2 is 1.63 bits per heavy atom. The maximum absolute atomic E-state index is 13.2. The molecule has 11 heteroatoms. The molecule has 2 aromatic heterocycles. The van der Waals surface area contributed by atoms with Gasteiger partial charge >= 0.3 is 12.2 Å². The van der Waals surface area contributed by atoms with Crippen LogP contribution in [0.25, 0.3) is 11.4 Å². The van der Waals surface area contributed by atoms with Crippen LogP contribution in [0, 0.1) is 0 Å². The summed E-state index contributed by atoms with van der Waals surface area (Å²) in [7, 11) is 0. The fraction of sp³-hybridized carbons (Fsp3) is 0.375. The number of rotatable bonds is 5. The van der Waals surface area contributed by atoms with Crippen LogP contribution in [-0.4, -0.2) is 49.8 Å². The Morgan fingerprint density at radius 3 is 2.20 bits per heavy atom. The smallest absolute Gasteiger partial charge is 0.422 e. The topological polar surface area (TPSA) is 117 Å². The third kappa shape index (κ3) is 6.95. The third-order valence-corrected chi connectivity index (χ3v) is 5.07. The number of anilines is 1. The van der Waals surface area contributed by atoms with E-state index in [1.165, 1.54) is 17.1 Å². The maximum Gasteiger partial charge on any atom is 0.422 e. The molecule has 0 aliphatic rings. The van der Waals surface area contributed by atoms with Gasteiger partial charge in [-0.3, -0.25) is 4.79 Å². The molecule has 0 unspecified atom stereocenters. The predicted octanol–water partition coefficient (Wildman–Crippen LogP) is 5.38. The summed E-state index contributed by atoms with van der Waals surface area (Å²) in [5.74, 6) is -0.574. The average Bonchev–Trinajstić information content (AvgIpc) is 3.40. The van der Waals surface area contributed by atoms with E-state index in [4.69, 9.17) is 13.9 Å². The molecule has 35 heavy (non-hydrogen) atoms. The fourth-order valence-corrected chi connectivity index (χ4v) is 3.61. The lowest BCUT2D eigenvalue weighted by Gasteiger charge is -2.26. The van der Waals surface area contributed by atoms with Crippen LogP contribution in [-0.2, 0) is 14.3 Å². The molecule has 3 aromatic rings. The van der Waals surface area contributed by atoms with Gasteiger partial charge in [-0.1, -0.05) is 30.0 Å².